The van der Waals surface area contributed by atoms with Crippen LogP contribution in [-0.4, -0.2) is 67.7 Å². The number of halogens is 3. The van der Waals surface area contributed by atoms with E-state index in [9.17, 15) is 26.4 Å². The van der Waals surface area contributed by atoms with Crippen molar-refractivity contribution in [1.29, 1.82) is 0 Å². The highest BCUT2D eigenvalue weighted by molar-refractivity contribution is 7.90. The lowest BCUT2D eigenvalue weighted by Crippen LogP contribution is -2.52. The minimum Gasteiger partial charge on any atom is -0.467 e. The van der Waals surface area contributed by atoms with Gasteiger partial charge in [-0.1, -0.05) is 6.07 Å². The fraction of sp³-hybridized carbons (Fsp3) is 0.684. The molecule has 4 heterocycles. The normalized spacial score (nSPS) is 29.9. The van der Waals surface area contributed by atoms with Gasteiger partial charge in [0, 0.05) is 24.3 Å². The summed E-state index contributed by atoms with van der Waals surface area (Å²) in [5, 5.41) is 0. The second kappa shape index (κ2) is 8.55. The third-order valence-corrected chi connectivity index (χ3v) is 7.45. The van der Waals surface area contributed by atoms with E-state index in [2.05, 4.69) is 4.98 Å². The van der Waals surface area contributed by atoms with Crippen molar-refractivity contribution in [2.45, 2.75) is 61.7 Å². The molecule has 172 valence electrons. The summed E-state index contributed by atoms with van der Waals surface area (Å²) in [6.45, 7) is -0.281. The molecular formula is C19H24F3N3O5S. The molecule has 0 radical (unpaired) electrons. The van der Waals surface area contributed by atoms with Crippen LogP contribution in [0.1, 0.15) is 43.6 Å². The highest BCUT2D eigenvalue weighted by atomic mass is 32.2. The van der Waals surface area contributed by atoms with Crippen LogP contribution in [0, 0.1) is 0 Å². The van der Waals surface area contributed by atoms with Gasteiger partial charge in [0.1, 0.15) is 0 Å². The summed E-state index contributed by atoms with van der Waals surface area (Å²) in [5.41, 5.74) is -4.49. The second-order valence-electron chi connectivity index (χ2n) is 8.11. The summed E-state index contributed by atoms with van der Waals surface area (Å²) < 4.78 is 75.3. The standard InChI is InChI=1S/C19H24F3N3O5S/c20-19(21,22)31(27,28)24-15-7-9-25-16(15)10-29-13-5-3-12(4-6-13)14-2-1-8-23-18(14)30-11-17(25)26/h1-2,8,12-13,15-16,24H,3-7,9-11H2/t12?,13?,15-,16-/m0/s1. The molecule has 2 fully saturated rings. The SMILES string of the molecule is O=C1COc2ncccc2C2CCC(CC2)OC[C@H]2[C@@H](NS(=O)(=O)C(F)(F)F)CCN12. The molecule has 0 aromatic carbocycles. The van der Waals surface area contributed by atoms with Gasteiger partial charge in [0.2, 0.25) is 5.88 Å². The monoisotopic (exact) mass is 463 g/mol. The van der Waals surface area contributed by atoms with Gasteiger partial charge in [0.15, 0.2) is 6.61 Å². The highest BCUT2D eigenvalue weighted by Gasteiger charge is 2.50. The Kier molecular flexibility index (Phi) is 6.14. The minimum absolute atomic E-state index is 0.0443. The van der Waals surface area contributed by atoms with Crippen molar-refractivity contribution in [2.24, 2.45) is 0 Å². The zero-order valence-corrected chi connectivity index (χ0v) is 17.5. The Bertz CT molecular complexity index is 919. The van der Waals surface area contributed by atoms with Crippen molar-refractivity contribution >= 4 is 15.9 Å². The van der Waals surface area contributed by atoms with Gasteiger partial charge in [0.05, 0.1) is 18.8 Å². The molecule has 1 aromatic heterocycles. The summed E-state index contributed by atoms with van der Waals surface area (Å²) in [5.74, 6) is 0.153. The predicted molar refractivity (Wildman–Crippen MR) is 103 cm³/mol. The zero-order valence-electron chi connectivity index (χ0n) is 16.7. The number of ether oxygens (including phenoxy) is 2. The number of alkyl halides is 3. The molecule has 4 aliphatic rings. The molecule has 1 amide bonds. The quantitative estimate of drug-likeness (QED) is 0.720. The fourth-order valence-corrected chi connectivity index (χ4v) is 5.40. The first-order valence-electron chi connectivity index (χ1n) is 10.2. The van der Waals surface area contributed by atoms with Crippen LogP contribution in [0.4, 0.5) is 13.2 Å². The number of amides is 1. The average molecular weight is 463 g/mol. The third-order valence-electron chi connectivity index (χ3n) is 6.23. The number of hydrogen-bond donors (Lipinski definition) is 1. The van der Waals surface area contributed by atoms with E-state index in [4.69, 9.17) is 9.47 Å². The van der Waals surface area contributed by atoms with Crippen LogP contribution in [0.25, 0.3) is 0 Å². The molecule has 12 heteroatoms. The number of fused-ring (bicyclic) bond motifs is 5. The van der Waals surface area contributed by atoms with E-state index in [0.717, 1.165) is 31.2 Å². The van der Waals surface area contributed by atoms with Crippen molar-refractivity contribution in [3.05, 3.63) is 23.9 Å². The number of carbonyl (C=O) groups is 1. The minimum atomic E-state index is -5.54. The Labute approximate surface area is 178 Å². The molecule has 2 bridgehead atoms. The van der Waals surface area contributed by atoms with Gasteiger partial charge in [-0.2, -0.15) is 13.2 Å². The Hall–Kier alpha value is -1.92. The second-order valence-corrected chi connectivity index (χ2v) is 9.82. The molecule has 1 aromatic rings. The number of rotatable bonds is 2. The van der Waals surface area contributed by atoms with Crippen molar-refractivity contribution in [3.8, 4) is 5.88 Å². The molecule has 1 saturated carbocycles. The fourth-order valence-electron chi connectivity index (χ4n) is 4.60. The van der Waals surface area contributed by atoms with E-state index >= 15 is 0 Å². The summed E-state index contributed by atoms with van der Waals surface area (Å²) in [4.78, 5) is 18.4. The molecule has 8 nitrogen and oxygen atoms in total. The molecule has 1 N–H and O–H groups in total. The van der Waals surface area contributed by atoms with Crippen molar-refractivity contribution in [3.63, 3.8) is 0 Å². The topological polar surface area (TPSA) is 97.8 Å². The number of aromatic nitrogens is 1. The first kappa shape index (κ1) is 22.3. The lowest BCUT2D eigenvalue weighted by molar-refractivity contribution is -0.136. The zero-order chi connectivity index (χ0) is 22.2. The van der Waals surface area contributed by atoms with Gasteiger partial charge in [-0.25, -0.2) is 18.1 Å². The number of pyridine rings is 1. The van der Waals surface area contributed by atoms with Gasteiger partial charge >= 0.3 is 15.5 Å². The summed E-state index contributed by atoms with van der Waals surface area (Å²) in [6.07, 6.45) is 4.69. The Balaban J connectivity index is 1.58. The largest absolute Gasteiger partial charge is 0.511 e. The Morgan fingerprint density at radius 3 is 2.61 bits per heavy atom. The number of sulfonamides is 1. The first-order valence-corrected chi connectivity index (χ1v) is 11.7. The van der Waals surface area contributed by atoms with E-state index in [0.29, 0.717) is 5.88 Å². The molecule has 5 rings (SSSR count). The number of nitrogens with one attached hydrogen (secondary N) is 1. The van der Waals surface area contributed by atoms with Gasteiger partial charge in [0.25, 0.3) is 5.91 Å². The van der Waals surface area contributed by atoms with Gasteiger partial charge < -0.3 is 14.4 Å². The molecule has 3 aliphatic heterocycles. The summed E-state index contributed by atoms with van der Waals surface area (Å²) in [6, 6.07) is 1.80. The smallest absolute Gasteiger partial charge is 0.467 e. The van der Waals surface area contributed by atoms with Crippen LogP contribution < -0.4 is 9.46 Å². The van der Waals surface area contributed by atoms with E-state index in [1.165, 1.54) is 4.90 Å². The summed E-state index contributed by atoms with van der Waals surface area (Å²) in [7, 11) is -5.54. The van der Waals surface area contributed by atoms with Crippen LogP contribution in [-0.2, 0) is 19.6 Å². The first-order chi connectivity index (χ1) is 14.7. The third kappa shape index (κ3) is 4.65. The highest BCUT2D eigenvalue weighted by Crippen LogP contribution is 2.38. The van der Waals surface area contributed by atoms with Crippen LogP contribution >= 0.6 is 0 Å². The van der Waals surface area contributed by atoms with Crippen LogP contribution in [0.15, 0.2) is 18.3 Å². The average Bonchev–Trinajstić information content (AvgIpc) is 3.12. The van der Waals surface area contributed by atoms with Crippen LogP contribution in [0.5, 0.6) is 5.88 Å². The molecule has 1 aliphatic carbocycles. The predicted octanol–water partition coefficient (Wildman–Crippen LogP) is 1.93. The lowest BCUT2D eigenvalue weighted by Gasteiger charge is -2.32. The maximum atomic E-state index is 12.9. The maximum Gasteiger partial charge on any atom is 0.511 e. The summed E-state index contributed by atoms with van der Waals surface area (Å²) >= 11 is 0. The van der Waals surface area contributed by atoms with E-state index in [1.54, 1.807) is 10.9 Å². The molecule has 0 spiro atoms. The Morgan fingerprint density at radius 2 is 1.90 bits per heavy atom. The molecular weight excluding hydrogens is 439 g/mol. The van der Waals surface area contributed by atoms with E-state index < -0.39 is 33.5 Å². The number of nitrogens with zero attached hydrogens (tertiary/aromatic N) is 2. The van der Waals surface area contributed by atoms with Gasteiger partial charge in [-0.15, -0.1) is 0 Å². The van der Waals surface area contributed by atoms with Crippen LogP contribution in [0.3, 0.4) is 0 Å². The van der Waals surface area contributed by atoms with E-state index in [-0.39, 0.29) is 38.2 Å². The molecule has 1 saturated heterocycles. The molecule has 2 atom stereocenters. The lowest BCUT2D eigenvalue weighted by atomic mass is 9.83. The maximum absolute atomic E-state index is 12.9. The van der Waals surface area contributed by atoms with Gasteiger partial charge in [-0.05, 0) is 44.1 Å². The molecule has 0 unspecified atom stereocenters. The molecule has 31 heavy (non-hydrogen) atoms. The van der Waals surface area contributed by atoms with Crippen molar-refractivity contribution in [2.75, 3.05) is 19.8 Å². The van der Waals surface area contributed by atoms with Crippen molar-refractivity contribution in [1.82, 2.24) is 14.6 Å². The van der Waals surface area contributed by atoms with Crippen molar-refractivity contribution < 1.29 is 35.9 Å². The number of carbonyl (C=O) groups excluding carboxylic acids is 1. The van der Waals surface area contributed by atoms with Crippen LogP contribution in [0.2, 0.25) is 0 Å². The number of hydrogen-bond acceptors (Lipinski definition) is 6. The van der Waals surface area contributed by atoms with E-state index in [1.807, 2.05) is 12.1 Å². The Morgan fingerprint density at radius 1 is 1.16 bits per heavy atom. The van der Waals surface area contributed by atoms with Gasteiger partial charge in [-0.3, -0.25) is 4.79 Å².